The first-order chi connectivity index (χ1) is 12.3. The van der Waals surface area contributed by atoms with E-state index in [4.69, 9.17) is 4.74 Å². The monoisotopic (exact) mass is 352 g/mol. The molecule has 0 aliphatic heterocycles. The van der Waals surface area contributed by atoms with Gasteiger partial charge >= 0.3 is 11.9 Å². The first kappa shape index (κ1) is 19.3. The molecule has 0 saturated heterocycles. The van der Waals surface area contributed by atoms with Crippen LogP contribution in [0.3, 0.4) is 0 Å². The van der Waals surface area contributed by atoms with E-state index in [0.717, 1.165) is 6.08 Å². The van der Waals surface area contributed by atoms with Crippen LogP contribution in [0.5, 0.6) is 0 Å². The lowest BCUT2D eigenvalue weighted by Crippen LogP contribution is -2.47. The fourth-order valence-electron chi connectivity index (χ4n) is 2.40. The van der Waals surface area contributed by atoms with Crippen LogP contribution in [0.4, 0.5) is 0 Å². The smallest absolute Gasteiger partial charge is 0.345 e. The van der Waals surface area contributed by atoms with E-state index in [-0.39, 0.29) is 22.8 Å². The maximum atomic E-state index is 12.7. The van der Waals surface area contributed by atoms with Crippen LogP contribution in [-0.2, 0) is 9.53 Å². The molecular weight excluding hydrogens is 330 g/mol. The number of quaternary nitrogens is 1. The maximum Gasteiger partial charge on any atom is 0.345 e. The number of hydrogen-bond donors (Lipinski definition) is 0. The highest BCUT2D eigenvalue weighted by atomic mass is 16.5. The summed E-state index contributed by atoms with van der Waals surface area (Å²) in [5.41, 5.74) is 1.62. The summed E-state index contributed by atoms with van der Waals surface area (Å²) in [4.78, 5) is 36.2. The van der Waals surface area contributed by atoms with Crippen LogP contribution < -0.4 is 0 Å². The molecule has 0 radical (unpaired) electrons. The maximum absolute atomic E-state index is 12.7. The second kappa shape index (κ2) is 8.36. The Kier molecular flexibility index (Phi) is 6.20. The number of rotatable bonds is 7. The van der Waals surface area contributed by atoms with Crippen molar-refractivity contribution in [2.45, 2.75) is 0 Å². The molecule has 0 atom stereocenters. The summed E-state index contributed by atoms with van der Waals surface area (Å²) in [5, 5.41) is 0. The van der Waals surface area contributed by atoms with E-state index in [1.165, 1.54) is 0 Å². The lowest BCUT2D eigenvalue weighted by atomic mass is 10.0. The van der Waals surface area contributed by atoms with Crippen LogP contribution in [0, 0.1) is 0 Å². The summed E-state index contributed by atoms with van der Waals surface area (Å²) in [6, 6.07) is 15.6. The Balaban J connectivity index is 2.07. The van der Waals surface area contributed by atoms with Crippen molar-refractivity contribution in [1.82, 2.24) is 0 Å². The Morgan fingerprint density at radius 2 is 1.46 bits per heavy atom. The van der Waals surface area contributed by atoms with E-state index in [9.17, 15) is 14.4 Å². The van der Waals surface area contributed by atoms with Crippen molar-refractivity contribution in [3.8, 4) is 0 Å². The Morgan fingerprint density at radius 1 is 0.923 bits per heavy atom. The van der Waals surface area contributed by atoms with Gasteiger partial charge in [-0.25, -0.2) is 9.59 Å². The minimum absolute atomic E-state index is 0.0242. The number of ether oxygens (including phenoxy) is 1. The van der Waals surface area contributed by atoms with Gasteiger partial charge in [0.25, 0.3) is 0 Å². The third-order valence-corrected chi connectivity index (χ3v) is 4.04. The predicted octanol–water partition coefficient (Wildman–Crippen LogP) is 2.86. The zero-order valence-corrected chi connectivity index (χ0v) is 15.0. The van der Waals surface area contributed by atoms with Crippen molar-refractivity contribution in [2.24, 2.45) is 0 Å². The summed E-state index contributed by atoms with van der Waals surface area (Å²) in [5.74, 6) is -0.728. The largest absolute Gasteiger partial charge is 0.457 e. The van der Waals surface area contributed by atoms with E-state index in [1.54, 1.807) is 50.5 Å². The van der Waals surface area contributed by atoms with Gasteiger partial charge in [0.15, 0.2) is 5.78 Å². The SMILES string of the molecule is C=CC(=O)OCC[N+](C)(C)C(=O)c1ccc(C(=O)c2ccccc2)cc1. The van der Waals surface area contributed by atoms with Crippen LogP contribution in [0.2, 0.25) is 0 Å². The summed E-state index contributed by atoms with van der Waals surface area (Å²) < 4.78 is 4.97. The van der Waals surface area contributed by atoms with Crippen molar-refractivity contribution < 1.29 is 23.6 Å². The van der Waals surface area contributed by atoms with Gasteiger partial charge in [-0.2, -0.15) is 0 Å². The van der Waals surface area contributed by atoms with Gasteiger partial charge in [-0.3, -0.25) is 9.28 Å². The molecule has 0 heterocycles. The molecule has 5 nitrogen and oxygen atoms in total. The van der Waals surface area contributed by atoms with E-state index < -0.39 is 5.97 Å². The van der Waals surface area contributed by atoms with Gasteiger partial charge in [-0.15, -0.1) is 0 Å². The predicted molar refractivity (Wildman–Crippen MR) is 98.8 cm³/mol. The Hall–Kier alpha value is -3.05. The molecule has 0 bridgehead atoms. The molecule has 134 valence electrons. The van der Waals surface area contributed by atoms with E-state index in [0.29, 0.717) is 23.2 Å². The first-order valence-corrected chi connectivity index (χ1v) is 8.22. The molecule has 0 aliphatic carbocycles. The molecule has 0 N–H and O–H groups in total. The highest BCUT2D eigenvalue weighted by Crippen LogP contribution is 2.14. The third kappa shape index (κ3) is 4.74. The van der Waals surface area contributed by atoms with Gasteiger partial charge in [0.2, 0.25) is 0 Å². The van der Waals surface area contributed by atoms with Crippen LogP contribution in [0.15, 0.2) is 67.3 Å². The van der Waals surface area contributed by atoms with Gasteiger partial charge < -0.3 is 4.74 Å². The molecule has 2 rings (SSSR count). The molecule has 1 amide bonds. The van der Waals surface area contributed by atoms with Crippen molar-refractivity contribution >= 4 is 17.7 Å². The quantitative estimate of drug-likeness (QED) is 0.333. The number of esters is 1. The number of nitrogens with zero attached hydrogens (tertiary/aromatic N) is 1. The first-order valence-electron chi connectivity index (χ1n) is 8.22. The number of benzene rings is 2. The van der Waals surface area contributed by atoms with Gasteiger partial charge in [-0.1, -0.05) is 49.0 Å². The van der Waals surface area contributed by atoms with E-state index >= 15 is 0 Å². The molecule has 2 aromatic carbocycles. The molecule has 0 saturated carbocycles. The van der Waals surface area contributed by atoms with Gasteiger partial charge in [0.1, 0.15) is 13.2 Å². The minimum atomic E-state index is -0.513. The molecule has 0 aromatic heterocycles. The number of hydrogen-bond acceptors (Lipinski definition) is 4. The number of likely N-dealkylation sites (N-methyl/N-ethyl adjacent to an activating group) is 1. The lowest BCUT2D eigenvalue weighted by molar-refractivity contribution is -0.807. The fourth-order valence-corrected chi connectivity index (χ4v) is 2.40. The molecular formula is C21H22NO4+. The summed E-state index contributed by atoms with van der Waals surface area (Å²) in [6.45, 7) is 3.78. The van der Waals surface area contributed by atoms with E-state index in [2.05, 4.69) is 6.58 Å². The zero-order valence-electron chi connectivity index (χ0n) is 15.0. The topological polar surface area (TPSA) is 60.4 Å². The Labute approximate surface area is 153 Å². The molecule has 0 fully saturated rings. The second-order valence-electron chi connectivity index (χ2n) is 6.36. The molecule has 26 heavy (non-hydrogen) atoms. The van der Waals surface area contributed by atoms with Gasteiger partial charge in [-0.05, 0) is 12.1 Å². The molecule has 0 spiro atoms. The number of ketones is 1. The summed E-state index contributed by atoms with van der Waals surface area (Å²) in [6.07, 6.45) is 1.09. The highest BCUT2D eigenvalue weighted by Gasteiger charge is 2.28. The average Bonchev–Trinajstić information content (AvgIpc) is 2.67. The normalized spacial score (nSPS) is 10.8. The molecule has 0 unspecified atom stereocenters. The fraction of sp³-hybridized carbons (Fsp3) is 0.190. The van der Waals surface area contributed by atoms with Crippen molar-refractivity contribution in [3.05, 3.63) is 83.9 Å². The lowest BCUT2D eigenvalue weighted by Gasteiger charge is -2.26. The van der Waals surface area contributed by atoms with E-state index in [1.807, 2.05) is 18.2 Å². The number of amides is 1. The average molecular weight is 352 g/mol. The van der Waals surface area contributed by atoms with Crippen molar-refractivity contribution in [2.75, 3.05) is 27.2 Å². The third-order valence-electron chi connectivity index (χ3n) is 4.04. The van der Waals surface area contributed by atoms with Crippen molar-refractivity contribution in [1.29, 1.82) is 0 Å². The van der Waals surface area contributed by atoms with Gasteiger partial charge in [0, 0.05) is 17.2 Å². The minimum Gasteiger partial charge on any atom is -0.457 e. The van der Waals surface area contributed by atoms with Crippen LogP contribution in [-0.4, -0.2) is 49.4 Å². The Bertz CT molecular complexity index is 808. The van der Waals surface area contributed by atoms with Crippen LogP contribution in [0.1, 0.15) is 26.3 Å². The van der Waals surface area contributed by atoms with Crippen molar-refractivity contribution in [3.63, 3.8) is 0 Å². The number of carbonyl (C=O) groups is 3. The summed E-state index contributed by atoms with van der Waals surface area (Å²) in [7, 11) is 3.49. The second-order valence-corrected chi connectivity index (χ2v) is 6.36. The highest BCUT2D eigenvalue weighted by molar-refractivity contribution is 6.09. The molecule has 2 aromatic rings. The Morgan fingerprint density at radius 3 is 2.04 bits per heavy atom. The zero-order chi connectivity index (χ0) is 19.2. The standard InChI is InChI=1S/C21H22NO4/c1-4-19(23)26-15-14-22(2,3)21(25)18-12-10-17(11-13-18)20(24)16-8-6-5-7-9-16/h4-13H,1,14-15H2,2-3H3/q+1. The van der Waals surface area contributed by atoms with Gasteiger partial charge in [0.05, 0.1) is 19.7 Å². The number of carbonyl (C=O) groups excluding carboxylic acids is 3. The molecule has 0 aliphatic rings. The molecule has 5 heteroatoms. The van der Waals surface area contributed by atoms with Crippen LogP contribution >= 0.6 is 0 Å². The van der Waals surface area contributed by atoms with Crippen LogP contribution in [0.25, 0.3) is 0 Å². The summed E-state index contributed by atoms with van der Waals surface area (Å²) >= 11 is 0.